The molecule has 25 heavy (non-hydrogen) atoms. The first kappa shape index (κ1) is 18.1. The van der Waals surface area contributed by atoms with Crippen LogP contribution in [0.5, 0.6) is 11.5 Å². The number of benzene rings is 1. The van der Waals surface area contributed by atoms with Gasteiger partial charge in [0.05, 0.1) is 0 Å². The summed E-state index contributed by atoms with van der Waals surface area (Å²) in [5.74, 6) is 2.14. The summed E-state index contributed by atoms with van der Waals surface area (Å²) in [6.45, 7) is 6.49. The number of piperidine rings is 1. The highest BCUT2D eigenvalue weighted by molar-refractivity contribution is 5.82. The number of carbonyl (C=O) groups excluding carboxylic acids is 1. The maximum Gasteiger partial charge on any atom is 0.267 e. The lowest BCUT2D eigenvalue weighted by Gasteiger charge is -2.36. The second-order valence-corrected chi connectivity index (χ2v) is 7.25. The van der Waals surface area contributed by atoms with Gasteiger partial charge in [-0.15, -0.1) is 0 Å². The van der Waals surface area contributed by atoms with E-state index >= 15 is 0 Å². The molecule has 3 rings (SSSR count). The van der Waals surface area contributed by atoms with Gasteiger partial charge in [0.15, 0.2) is 11.5 Å². The molecule has 0 spiro atoms. The molecule has 0 bridgehead atoms. The number of rotatable bonds is 6. The van der Waals surface area contributed by atoms with Crippen molar-refractivity contribution in [3.8, 4) is 11.5 Å². The van der Waals surface area contributed by atoms with Crippen molar-refractivity contribution in [1.29, 1.82) is 0 Å². The van der Waals surface area contributed by atoms with Crippen molar-refractivity contribution in [2.24, 2.45) is 5.92 Å². The summed E-state index contributed by atoms with van der Waals surface area (Å²) in [6, 6.07) is 7.53. The minimum atomic E-state index is -0.515. The molecule has 2 heterocycles. The van der Waals surface area contributed by atoms with E-state index in [1.807, 2.05) is 29.2 Å². The Morgan fingerprint density at radius 1 is 1.24 bits per heavy atom. The van der Waals surface area contributed by atoms with Crippen molar-refractivity contribution in [3.63, 3.8) is 0 Å². The van der Waals surface area contributed by atoms with Crippen LogP contribution in [0.25, 0.3) is 0 Å². The molecule has 0 aromatic heterocycles. The molecule has 1 aromatic rings. The molecule has 2 aliphatic rings. The zero-order chi connectivity index (χ0) is 17.6. The maximum absolute atomic E-state index is 12.7. The first-order chi connectivity index (χ1) is 12.2. The van der Waals surface area contributed by atoms with E-state index in [-0.39, 0.29) is 5.91 Å². The number of nitrogens with zero attached hydrogens (tertiary/aromatic N) is 2. The van der Waals surface area contributed by atoms with Crippen molar-refractivity contribution in [2.75, 3.05) is 39.8 Å². The van der Waals surface area contributed by atoms with Crippen molar-refractivity contribution >= 4 is 5.91 Å². The highest BCUT2D eigenvalue weighted by Crippen LogP contribution is 2.31. The number of para-hydroxylation sites is 2. The van der Waals surface area contributed by atoms with E-state index < -0.39 is 6.10 Å². The average Bonchev–Trinajstić information content (AvgIpc) is 2.66. The Balaban J connectivity index is 1.46. The van der Waals surface area contributed by atoms with Crippen LogP contribution in [0.1, 0.15) is 32.6 Å². The summed E-state index contributed by atoms with van der Waals surface area (Å²) in [4.78, 5) is 17.1. The normalized spacial score (nSPS) is 20.8. The fourth-order valence-corrected chi connectivity index (χ4v) is 3.64. The summed E-state index contributed by atoms with van der Waals surface area (Å²) in [6.07, 6.45) is 4.13. The maximum atomic E-state index is 12.7. The Bertz CT molecular complexity index is 570. The topological polar surface area (TPSA) is 42.0 Å². The lowest BCUT2D eigenvalue weighted by molar-refractivity contribution is -0.142. The van der Waals surface area contributed by atoms with Gasteiger partial charge in [-0.05, 0) is 50.9 Å². The van der Waals surface area contributed by atoms with Crippen molar-refractivity contribution in [1.82, 2.24) is 9.80 Å². The first-order valence-corrected chi connectivity index (χ1v) is 9.53. The van der Waals surface area contributed by atoms with E-state index in [2.05, 4.69) is 18.9 Å². The Hall–Kier alpha value is -1.75. The highest BCUT2D eigenvalue weighted by Gasteiger charge is 2.33. The molecule has 0 saturated carbocycles. The van der Waals surface area contributed by atoms with Crippen LogP contribution >= 0.6 is 0 Å². The second-order valence-electron chi connectivity index (χ2n) is 7.25. The molecule has 1 amide bonds. The van der Waals surface area contributed by atoms with Gasteiger partial charge >= 0.3 is 0 Å². The van der Waals surface area contributed by atoms with E-state index in [9.17, 15) is 4.79 Å². The van der Waals surface area contributed by atoms with Gasteiger partial charge in [-0.1, -0.05) is 25.5 Å². The van der Waals surface area contributed by atoms with Gasteiger partial charge < -0.3 is 19.3 Å². The number of ether oxygens (including phenoxy) is 2. The molecule has 1 unspecified atom stereocenters. The minimum Gasteiger partial charge on any atom is -0.485 e. The monoisotopic (exact) mass is 346 g/mol. The van der Waals surface area contributed by atoms with Crippen LogP contribution in [-0.4, -0.2) is 61.6 Å². The van der Waals surface area contributed by atoms with Gasteiger partial charge in [0.1, 0.15) is 6.61 Å². The smallest absolute Gasteiger partial charge is 0.267 e. The SMILES string of the molecule is CCCCN(C)CC1CCN(C(=O)C2COc3ccccc3O2)CC1. The van der Waals surface area contributed by atoms with E-state index in [0.29, 0.717) is 18.3 Å². The standard InChI is InChI=1S/C20H30N2O3/c1-3-4-11-21(2)14-16-9-12-22(13-10-16)20(23)19-15-24-17-7-5-6-8-18(17)25-19/h5-8,16,19H,3-4,9-15H2,1-2H3. The van der Waals surface area contributed by atoms with E-state index in [0.717, 1.165) is 38.2 Å². The van der Waals surface area contributed by atoms with Gasteiger partial charge in [-0.2, -0.15) is 0 Å². The van der Waals surface area contributed by atoms with Gasteiger partial charge in [0.25, 0.3) is 5.91 Å². The van der Waals surface area contributed by atoms with E-state index in [1.165, 1.54) is 19.4 Å². The van der Waals surface area contributed by atoms with Crippen molar-refractivity contribution in [3.05, 3.63) is 24.3 Å². The van der Waals surface area contributed by atoms with Crippen LogP contribution < -0.4 is 9.47 Å². The largest absolute Gasteiger partial charge is 0.485 e. The predicted molar refractivity (Wildman–Crippen MR) is 98.1 cm³/mol. The number of fused-ring (bicyclic) bond motifs is 1. The molecule has 5 heteroatoms. The third kappa shape index (κ3) is 4.66. The number of amides is 1. The lowest BCUT2D eigenvalue weighted by atomic mass is 9.96. The van der Waals surface area contributed by atoms with Gasteiger partial charge in [0, 0.05) is 19.6 Å². The summed E-state index contributed by atoms with van der Waals surface area (Å²) in [5, 5.41) is 0. The Kier molecular flexibility index (Phi) is 6.19. The summed E-state index contributed by atoms with van der Waals surface area (Å²) in [5.41, 5.74) is 0. The number of unbranched alkanes of at least 4 members (excludes halogenated alkanes) is 1. The van der Waals surface area contributed by atoms with Crippen LogP contribution in [-0.2, 0) is 4.79 Å². The fraction of sp³-hybridized carbons (Fsp3) is 0.650. The third-order valence-electron chi connectivity index (χ3n) is 5.17. The zero-order valence-electron chi connectivity index (χ0n) is 15.4. The third-order valence-corrected chi connectivity index (χ3v) is 5.17. The molecule has 1 atom stereocenters. The van der Waals surface area contributed by atoms with Crippen LogP contribution in [0.15, 0.2) is 24.3 Å². The Morgan fingerprint density at radius 2 is 1.96 bits per heavy atom. The second kappa shape index (κ2) is 8.56. The van der Waals surface area contributed by atoms with Crippen LogP contribution in [0.2, 0.25) is 0 Å². The molecular weight excluding hydrogens is 316 g/mol. The zero-order valence-corrected chi connectivity index (χ0v) is 15.4. The quantitative estimate of drug-likeness (QED) is 0.794. The molecule has 1 saturated heterocycles. The van der Waals surface area contributed by atoms with E-state index in [4.69, 9.17) is 9.47 Å². The first-order valence-electron chi connectivity index (χ1n) is 9.53. The van der Waals surface area contributed by atoms with Gasteiger partial charge in [0.2, 0.25) is 6.10 Å². The number of carbonyl (C=O) groups is 1. The Morgan fingerprint density at radius 3 is 2.68 bits per heavy atom. The van der Waals surface area contributed by atoms with Crippen LogP contribution in [0.4, 0.5) is 0 Å². The minimum absolute atomic E-state index is 0.0623. The lowest BCUT2D eigenvalue weighted by Crippen LogP contribution is -2.49. The summed E-state index contributed by atoms with van der Waals surface area (Å²) in [7, 11) is 2.21. The number of hydrogen-bond donors (Lipinski definition) is 0. The molecule has 5 nitrogen and oxygen atoms in total. The highest BCUT2D eigenvalue weighted by atomic mass is 16.6. The molecular formula is C20H30N2O3. The average molecular weight is 346 g/mol. The summed E-state index contributed by atoms with van der Waals surface area (Å²) < 4.78 is 11.5. The fourth-order valence-electron chi connectivity index (χ4n) is 3.64. The molecule has 0 radical (unpaired) electrons. The van der Waals surface area contributed by atoms with Gasteiger partial charge in [-0.25, -0.2) is 0 Å². The summed E-state index contributed by atoms with van der Waals surface area (Å²) >= 11 is 0. The van der Waals surface area contributed by atoms with Crippen molar-refractivity contribution in [2.45, 2.75) is 38.7 Å². The molecule has 0 N–H and O–H groups in total. The molecule has 138 valence electrons. The van der Waals surface area contributed by atoms with Crippen LogP contribution in [0.3, 0.4) is 0 Å². The molecule has 2 aliphatic heterocycles. The van der Waals surface area contributed by atoms with Crippen molar-refractivity contribution < 1.29 is 14.3 Å². The molecule has 1 aromatic carbocycles. The number of hydrogen-bond acceptors (Lipinski definition) is 4. The molecule has 1 fully saturated rings. The van der Waals surface area contributed by atoms with E-state index in [1.54, 1.807) is 0 Å². The number of likely N-dealkylation sites (tertiary alicyclic amines) is 1. The van der Waals surface area contributed by atoms with Crippen LogP contribution in [0, 0.1) is 5.92 Å². The Labute approximate surface area is 150 Å². The predicted octanol–water partition coefficient (Wildman–Crippen LogP) is 2.80. The molecule has 0 aliphatic carbocycles. The van der Waals surface area contributed by atoms with Gasteiger partial charge in [-0.3, -0.25) is 4.79 Å².